The SMILES string of the molecule is CCOc1c(N)cccc1C(=O)NCC(=O)NC. The van der Waals surface area contributed by atoms with Gasteiger partial charge in [-0.1, -0.05) is 6.07 Å². The number of para-hydroxylation sites is 1. The number of anilines is 1. The molecule has 1 aromatic carbocycles. The van der Waals surface area contributed by atoms with E-state index in [-0.39, 0.29) is 12.5 Å². The van der Waals surface area contributed by atoms with Crippen LogP contribution >= 0.6 is 0 Å². The molecule has 0 fully saturated rings. The van der Waals surface area contributed by atoms with E-state index in [1.165, 1.54) is 7.05 Å². The van der Waals surface area contributed by atoms with Gasteiger partial charge in [0.05, 0.1) is 24.4 Å². The molecule has 4 N–H and O–H groups in total. The highest BCUT2D eigenvalue weighted by Crippen LogP contribution is 2.26. The van der Waals surface area contributed by atoms with Gasteiger partial charge < -0.3 is 21.1 Å². The molecular weight excluding hydrogens is 234 g/mol. The molecular formula is C12H17N3O3. The summed E-state index contributed by atoms with van der Waals surface area (Å²) in [6.07, 6.45) is 0. The van der Waals surface area contributed by atoms with Crippen LogP contribution in [0.4, 0.5) is 5.69 Å². The summed E-state index contributed by atoms with van der Waals surface area (Å²) in [5.41, 5.74) is 6.46. The summed E-state index contributed by atoms with van der Waals surface area (Å²) in [5, 5.41) is 4.90. The number of hydrogen-bond donors (Lipinski definition) is 3. The van der Waals surface area contributed by atoms with Crippen molar-refractivity contribution >= 4 is 17.5 Å². The second-order valence-corrected chi connectivity index (χ2v) is 3.51. The van der Waals surface area contributed by atoms with E-state index in [4.69, 9.17) is 10.5 Å². The Kier molecular flexibility index (Phi) is 4.98. The first-order chi connectivity index (χ1) is 8.60. The number of likely N-dealkylation sites (N-methyl/N-ethyl adjacent to an activating group) is 1. The zero-order chi connectivity index (χ0) is 13.5. The second-order valence-electron chi connectivity index (χ2n) is 3.51. The predicted octanol–water partition coefficient (Wildman–Crippen LogP) is 0.143. The molecule has 0 radical (unpaired) electrons. The molecule has 6 heteroatoms. The van der Waals surface area contributed by atoms with E-state index >= 15 is 0 Å². The zero-order valence-corrected chi connectivity index (χ0v) is 10.4. The van der Waals surface area contributed by atoms with Gasteiger partial charge in [-0.3, -0.25) is 9.59 Å². The van der Waals surface area contributed by atoms with Gasteiger partial charge in [-0.15, -0.1) is 0 Å². The van der Waals surface area contributed by atoms with Gasteiger partial charge in [0.15, 0.2) is 5.75 Å². The number of carbonyl (C=O) groups excluding carboxylic acids is 2. The summed E-state index contributed by atoms with van der Waals surface area (Å²) in [4.78, 5) is 22.9. The second kappa shape index (κ2) is 6.48. The fourth-order valence-electron chi connectivity index (χ4n) is 1.38. The zero-order valence-electron chi connectivity index (χ0n) is 10.4. The van der Waals surface area contributed by atoms with Gasteiger partial charge in [-0.2, -0.15) is 0 Å². The van der Waals surface area contributed by atoms with Gasteiger partial charge in [0.25, 0.3) is 5.91 Å². The maximum Gasteiger partial charge on any atom is 0.255 e. The lowest BCUT2D eigenvalue weighted by Gasteiger charge is -2.12. The Morgan fingerprint density at radius 3 is 2.72 bits per heavy atom. The minimum Gasteiger partial charge on any atom is -0.491 e. The Bertz CT molecular complexity index is 446. The van der Waals surface area contributed by atoms with E-state index in [1.54, 1.807) is 25.1 Å². The molecule has 0 spiro atoms. The molecule has 0 aliphatic heterocycles. The number of nitrogens with one attached hydrogen (secondary N) is 2. The molecule has 0 heterocycles. The highest BCUT2D eigenvalue weighted by atomic mass is 16.5. The Balaban J connectivity index is 2.84. The van der Waals surface area contributed by atoms with Crippen molar-refractivity contribution < 1.29 is 14.3 Å². The van der Waals surface area contributed by atoms with E-state index in [0.717, 1.165) is 0 Å². The Labute approximate surface area is 105 Å². The third kappa shape index (κ3) is 3.38. The smallest absolute Gasteiger partial charge is 0.255 e. The highest BCUT2D eigenvalue weighted by Gasteiger charge is 2.15. The molecule has 0 aliphatic carbocycles. The number of nitrogens with two attached hydrogens (primary N) is 1. The minimum absolute atomic E-state index is 0.0876. The van der Waals surface area contributed by atoms with Crippen LogP contribution in [0.1, 0.15) is 17.3 Å². The Hall–Kier alpha value is -2.24. The molecule has 0 unspecified atom stereocenters. The lowest BCUT2D eigenvalue weighted by Crippen LogP contribution is -2.35. The number of hydrogen-bond acceptors (Lipinski definition) is 4. The van der Waals surface area contributed by atoms with Crippen molar-refractivity contribution in [2.45, 2.75) is 6.92 Å². The Morgan fingerprint density at radius 1 is 1.39 bits per heavy atom. The average molecular weight is 251 g/mol. The largest absolute Gasteiger partial charge is 0.491 e. The molecule has 0 saturated carbocycles. The number of rotatable bonds is 5. The fourth-order valence-corrected chi connectivity index (χ4v) is 1.38. The summed E-state index contributed by atoms with van der Waals surface area (Å²) < 4.78 is 5.34. The molecule has 0 atom stereocenters. The molecule has 98 valence electrons. The van der Waals surface area contributed by atoms with Gasteiger partial charge in [0.2, 0.25) is 5.91 Å². The predicted molar refractivity (Wildman–Crippen MR) is 68.4 cm³/mol. The average Bonchev–Trinajstić information content (AvgIpc) is 2.38. The van der Waals surface area contributed by atoms with Crippen LogP contribution in [-0.2, 0) is 4.79 Å². The lowest BCUT2D eigenvalue weighted by atomic mass is 10.1. The van der Waals surface area contributed by atoms with Crippen LogP contribution in [0.2, 0.25) is 0 Å². The van der Waals surface area contributed by atoms with Crippen LogP contribution in [-0.4, -0.2) is 32.0 Å². The van der Waals surface area contributed by atoms with Gasteiger partial charge in [0, 0.05) is 7.05 Å². The van der Waals surface area contributed by atoms with Crippen LogP contribution in [0, 0.1) is 0 Å². The van der Waals surface area contributed by atoms with Crippen LogP contribution in [0.3, 0.4) is 0 Å². The summed E-state index contributed by atoms with van der Waals surface area (Å²) in [6.45, 7) is 2.12. The van der Waals surface area contributed by atoms with Crippen LogP contribution in [0.25, 0.3) is 0 Å². The van der Waals surface area contributed by atoms with E-state index in [2.05, 4.69) is 10.6 Å². The summed E-state index contributed by atoms with van der Waals surface area (Å²) >= 11 is 0. The lowest BCUT2D eigenvalue weighted by molar-refractivity contribution is -0.119. The van der Waals surface area contributed by atoms with Crippen molar-refractivity contribution in [2.75, 3.05) is 25.9 Å². The van der Waals surface area contributed by atoms with Crippen LogP contribution in [0.15, 0.2) is 18.2 Å². The van der Waals surface area contributed by atoms with E-state index in [0.29, 0.717) is 23.6 Å². The van der Waals surface area contributed by atoms with Crippen molar-refractivity contribution in [2.24, 2.45) is 0 Å². The van der Waals surface area contributed by atoms with Crippen LogP contribution < -0.4 is 21.1 Å². The maximum absolute atomic E-state index is 11.9. The van der Waals surface area contributed by atoms with Crippen molar-refractivity contribution in [3.05, 3.63) is 23.8 Å². The molecule has 0 bridgehead atoms. The summed E-state index contributed by atoms with van der Waals surface area (Å²) in [5.74, 6) is -0.325. The first-order valence-electron chi connectivity index (χ1n) is 5.60. The minimum atomic E-state index is -0.394. The van der Waals surface area contributed by atoms with Gasteiger partial charge >= 0.3 is 0 Å². The quantitative estimate of drug-likeness (QED) is 0.649. The first kappa shape index (κ1) is 13.8. The normalized spacial score (nSPS) is 9.67. The van der Waals surface area contributed by atoms with E-state index < -0.39 is 5.91 Å². The highest BCUT2D eigenvalue weighted by molar-refractivity contribution is 6.00. The number of nitrogen functional groups attached to an aromatic ring is 1. The molecule has 18 heavy (non-hydrogen) atoms. The summed E-state index contributed by atoms with van der Waals surface area (Å²) in [6, 6.07) is 4.91. The first-order valence-corrected chi connectivity index (χ1v) is 5.60. The van der Waals surface area contributed by atoms with Crippen molar-refractivity contribution in [1.29, 1.82) is 0 Å². The monoisotopic (exact) mass is 251 g/mol. The van der Waals surface area contributed by atoms with E-state index in [1.807, 2.05) is 0 Å². The molecule has 1 rings (SSSR count). The van der Waals surface area contributed by atoms with Gasteiger partial charge in [0.1, 0.15) is 0 Å². The third-order valence-electron chi connectivity index (χ3n) is 2.27. The topological polar surface area (TPSA) is 93.4 Å². The number of amides is 2. The molecule has 1 aromatic rings. The van der Waals surface area contributed by atoms with E-state index in [9.17, 15) is 9.59 Å². The third-order valence-corrected chi connectivity index (χ3v) is 2.27. The fraction of sp³-hybridized carbons (Fsp3) is 0.333. The van der Waals surface area contributed by atoms with Gasteiger partial charge in [-0.05, 0) is 19.1 Å². The number of ether oxygens (including phenoxy) is 1. The van der Waals surface area contributed by atoms with Crippen molar-refractivity contribution in [3.63, 3.8) is 0 Å². The molecule has 6 nitrogen and oxygen atoms in total. The Morgan fingerprint density at radius 2 is 2.11 bits per heavy atom. The van der Waals surface area contributed by atoms with Crippen molar-refractivity contribution in [1.82, 2.24) is 10.6 Å². The molecule has 0 aromatic heterocycles. The maximum atomic E-state index is 11.9. The molecule has 0 aliphatic rings. The molecule has 2 amide bonds. The van der Waals surface area contributed by atoms with Crippen molar-refractivity contribution in [3.8, 4) is 5.75 Å². The molecule has 0 saturated heterocycles. The number of carbonyl (C=O) groups is 2. The van der Waals surface area contributed by atoms with Crippen LogP contribution in [0.5, 0.6) is 5.75 Å². The standard InChI is InChI=1S/C12H17N3O3/c1-3-18-11-8(5-4-6-9(11)13)12(17)15-7-10(16)14-2/h4-6H,3,7,13H2,1-2H3,(H,14,16)(H,15,17). The summed E-state index contributed by atoms with van der Waals surface area (Å²) in [7, 11) is 1.50. The number of benzene rings is 1. The van der Waals surface area contributed by atoms with Gasteiger partial charge in [-0.25, -0.2) is 0 Å².